The number of hydrogen-bond donors (Lipinski definition) is 1. The van der Waals surface area contributed by atoms with Crippen LogP contribution < -0.4 is 5.32 Å². The van der Waals surface area contributed by atoms with Crippen LogP contribution in [-0.2, 0) is 16.1 Å². The topological polar surface area (TPSA) is 87.9 Å². The summed E-state index contributed by atoms with van der Waals surface area (Å²) in [4.78, 5) is 31.8. The molecule has 1 atom stereocenters. The number of hydrogen-bond acceptors (Lipinski definition) is 6. The van der Waals surface area contributed by atoms with Gasteiger partial charge >= 0.3 is 0 Å². The molecule has 2 fully saturated rings. The average Bonchev–Trinajstić information content (AvgIpc) is 3.17. The summed E-state index contributed by atoms with van der Waals surface area (Å²) in [5.74, 6) is 0.410. The van der Waals surface area contributed by atoms with Crippen LogP contribution in [0.5, 0.6) is 0 Å². The number of amides is 2. The Kier molecular flexibility index (Phi) is 5.74. The van der Waals surface area contributed by atoms with Crippen molar-refractivity contribution in [2.75, 3.05) is 26.3 Å². The van der Waals surface area contributed by atoms with Crippen molar-refractivity contribution in [1.82, 2.24) is 20.3 Å². The van der Waals surface area contributed by atoms with Crippen molar-refractivity contribution in [3.63, 3.8) is 0 Å². The van der Waals surface area contributed by atoms with E-state index < -0.39 is 11.5 Å². The SMILES string of the molecule is Cc1cc(CN2CCC3(CC2)C(C(=O)NC2COC2)c2ccccc2C(=O)N3C(C)C)no1. The van der Waals surface area contributed by atoms with Crippen molar-refractivity contribution in [2.45, 2.75) is 63.7 Å². The van der Waals surface area contributed by atoms with Crippen molar-refractivity contribution in [3.05, 3.63) is 52.9 Å². The first-order chi connectivity index (χ1) is 15.9. The van der Waals surface area contributed by atoms with Crippen molar-refractivity contribution in [2.24, 2.45) is 0 Å². The number of carbonyl (C=O) groups is 2. The lowest BCUT2D eigenvalue weighted by molar-refractivity contribution is -0.132. The summed E-state index contributed by atoms with van der Waals surface area (Å²) >= 11 is 0. The number of carbonyl (C=O) groups excluding carboxylic acids is 2. The molecule has 1 spiro atoms. The van der Waals surface area contributed by atoms with Gasteiger partial charge in [-0.2, -0.15) is 0 Å². The molecule has 2 aromatic rings. The van der Waals surface area contributed by atoms with Gasteiger partial charge < -0.3 is 19.5 Å². The summed E-state index contributed by atoms with van der Waals surface area (Å²) in [6, 6.07) is 9.61. The highest BCUT2D eigenvalue weighted by molar-refractivity contribution is 6.02. The van der Waals surface area contributed by atoms with Crippen LogP contribution in [0.2, 0.25) is 0 Å². The molecule has 3 aliphatic heterocycles. The van der Waals surface area contributed by atoms with Crippen molar-refractivity contribution in [1.29, 1.82) is 0 Å². The van der Waals surface area contributed by atoms with Gasteiger partial charge in [0.25, 0.3) is 5.91 Å². The van der Waals surface area contributed by atoms with E-state index >= 15 is 0 Å². The van der Waals surface area contributed by atoms with E-state index in [9.17, 15) is 9.59 Å². The first kappa shape index (κ1) is 22.1. The quantitative estimate of drug-likeness (QED) is 0.750. The molecular formula is C25H32N4O4. The number of nitrogens with one attached hydrogen (secondary N) is 1. The summed E-state index contributed by atoms with van der Waals surface area (Å²) in [6.45, 7) is 9.34. The molecule has 1 aromatic heterocycles. The zero-order valence-electron chi connectivity index (χ0n) is 19.5. The Hall–Kier alpha value is -2.71. The second-order valence-corrected chi connectivity index (χ2v) is 9.84. The third-order valence-corrected chi connectivity index (χ3v) is 7.29. The maximum absolute atomic E-state index is 13.7. The number of benzene rings is 1. The number of likely N-dealkylation sites (tertiary alicyclic amines) is 1. The highest BCUT2D eigenvalue weighted by atomic mass is 16.5. The molecule has 0 radical (unpaired) electrons. The minimum absolute atomic E-state index is 0.00511. The van der Waals surface area contributed by atoms with Gasteiger partial charge in [-0.25, -0.2) is 0 Å². The molecule has 0 aliphatic carbocycles. The van der Waals surface area contributed by atoms with Crippen molar-refractivity contribution >= 4 is 11.8 Å². The van der Waals surface area contributed by atoms with Gasteiger partial charge in [0, 0.05) is 37.3 Å². The molecule has 0 bridgehead atoms. The molecule has 2 saturated heterocycles. The van der Waals surface area contributed by atoms with Gasteiger partial charge in [0.15, 0.2) is 0 Å². The molecule has 8 nitrogen and oxygen atoms in total. The summed E-state index contributed by atoms with van der Waals surface area (Å²) in [5.41, 5.74) is 1.83. The van der Waals surface area contributed by atoms with E-state index in [0.29, 0.717) is 25.3 Å². The van der Waals surface area contributed by atoms with Crippen LogP contribution in [0.25, 0.3) is 0 Å². The van der Waals surface area contributed by atoms with E-state index in [2.05, 4.69) is 15.4 Å². The number of fused-ring (bicyclic) bond motifs is 1. The van der Waals surface area contributed by atoms with E-state index in [1.54, 1.807) is 0 Å². The van der Waals surface area contributed by atoms with Gasteiger partial charge in [0.2, 0.25) is 5.91 Å². The molecule has 1 unspecified atom stereocenters. The highest BCUT2D eigenvalue weighted by Crippen LogP contribution is 2.48. The fourth-order valence-corrected chi connectivity index (χ4v) is 5.79. The standard InChI is InChI=1S/C25H32N4O4/c1-16(2)29-24(31)21-7-5-4-6-20(21)22(23(30)26-19-14-32-15-19)25(29)8-10-28(11-9-25)13-18-12-17(3)33-27-18/h4-7,12,16,19,22H,8-11,13-15H2,1-3H3,(H,26,30). The maximum atomic E-state index is 13.7. The fourth-order valence-electron chi connectivity index (χ4n) is 5.79. The van der Waals surface area contributed by atoms with Crippen LogP contribution in [-0.4, -0.2) is 70.7 Å². The predicted molar refractivity (Wildman–Crippen MR) is 122 cm³/mol. The first-order valence-corrected chi connectivity index (χ1v) is 11.8. The second kappa shape index (κ2) is 8.57. The summed E-state index contributed by atoms with van der Waals surface area (Å²) in [5, 5.41) is 7.32. The zero-order chi connectivity index (χ0) is 23.2. The maximum Gasteiger partial charge on any atom is 0.254 e. The van der Waals surface area contributed by atoms with E-state index in [1.807, 2.05) is 56.0 Å². The van der Waals surface area contributed by atoms with Gasteiger partial charge in [0.05, 0.1) is 36.4 Å². The van der Waals surface area contributed by atoms with Crippen LogP contribution in [0.1, 0.15) is 60.0 Å². The van der Waals surface area contributed by atoms with Crippen LogP contribution in [0, 0.1) is 6.92 Å². The first-order valence-electron chi connectivity index (χ1n) is 11.8. The monoisotopic (exact) mass is 452 g/mol. The molecule has 4 heterocycles. The summed E-state index contributed by atoms with van der Waals surface area (Å²) in [6.07, 6.45) is 1.45. The van der Waals surface area contributed by atoms with Crippen LogP contribution in [0.15, 0.2) is 34.9 Å². The molecule has 8 heteroatoms. The van der Waals surface area contributed by atoms with Crippen LogP contribution >= 0.6 is 0 Å². The van der Waals surface area contributed by atoms with E-state index in [4.69, 9.17) is 9.26 Å². The Morgan fingerprint density at radius 1 is 1.24 bits per heavy atom. The molecule has 2 amide bonds. The van der Waals surface area contributed by atoms with Gasteiger partial charge in [-0.1, -0.05) is 23.4 Å². The van der Waals surface area contributed by atoms with Crippen molar-refractivity contribution < 1.29 is 18.8 Å². The number of ether oxygens (including phenoxy) is 1. The third-order valence-electron chi connectivity index (χ3n) is 7.29. The lowest BCUT2D eigenvalue weighted by Crippen LogP contribution is -2.67. The smallest absolute Gasteiger partial charge is 0.254 e. The average molecular weight is 453 g/mol. The molecule has 5 rings (SSSR count). The number of aromatic nitrogens is 1. The largest absolute Gasteiger partial charge is 0.377 e. The summed E-state index contributed by atoms with van der Waals surface area (Å²) < 4.78 is 10.5. The Balaban J connectivity index is 1.49. The lowest BCUT2D eigenvalue weighted by atomic mass is 9.66. The molecule has 176 valence electrons. The minimum atomic E-state index is -0.565. The van der Waals surface area contributed by atoms with Gasteiger partial charge in [0.1, 0.15) is 5.76 Å². The Bertz CT molecular complexity index is 1040. The number of piperidine rings is 1. The molecule has 1 aromatic carbocycles. The molecule has 0 saturated carbocycles. The molecule has 33 heavy (non-hydrogen) atoms. The van der Waals surface area contributed by atoms with Gasteiger partial charge in [-0.15, -0.1) is 0 Å². The third kappa shape index (κ3) is 3.85. The van der Waals surface area contributed by atoms with Crippen LogP contribution in [0.4, 0.5) is 0 Å². The Morgan fingerprint density at radius 2 is 1.97 bits per heavy atom. The fraction of sp³-hybridized carbons (Fsp3) is 0.560. The van der Waals surface area contributed by atoms with E-state index in [-0.39, 0.29) is 23.9 Å². The molecule has 1 N–H and O–H groups in total. The Morgan fingerprint density at radius 3 is 2.58 bits per heavy atom. The van der Waals surface area contributed by atoms with E-state index in [1.165, 1.54) is 0 Å². The van der Waals surface area contributed by atoms with Gasteiger partial charge in [-0.3, -0.25) is 14.5 Å². The number of aryl methyl sites for hydroxylation is 1. The molecule has 3 aliphatic rings. The predicted octanol–water partition coefficient (Wildman–Crippen LogP) is 2.48. The van der Waals surface area contributed by atoms with E-state index in [0.717, 1.165) is 42.9 Å². The number of nitrogens with zero attached hydrogens (tertiary/aromatic N) is 3. The Labute approximate surface area is 194 Å². The second-order valence-electron chi connectivity index (χ2n) is 9.84. The lowest BCUT2D eigenvalue weighted by Gasteiger charge is -2.56. The molecular weight excluding hydrogens is 420 g/mol. The number of rotatable bonds is 5. The van der Waals surface area contributed by atoms with Crippen LogP contribution in [0.3, 0.4) is 0 Å². The summed E-state index contributed by atoms with van der Waals surface area (Å²) in [7, 11) is 0. The zero-order valence-corrected chi connectivity index (χ0v) is 19.5. The normalized spacial score (nSPS) is 23.0. The van der Waals surface area contributed by atoms with Gasteiger partial charge in [-0.05, 0) is 45.2 Å². The highest BCUT2D eigenvalue weighted by Gasteiger charge is 2.56. The van der Waals surface area contributed by atoms with Crippen molar-refractivity contribution in [3.8, 4) is 0 Å². The minimum Gasteiger partial charge on any atom is -0.377 e.